The van der Waals surface area contributed by atoms with E-state index in [0.717, 1.165) is 25.2 Å². The monoisotopic (exact) mass is 299 g/mol. The van der Waals surface area contributed by atoms with Gasteiger partial charge in [-0.2, -0.15) is 0 Å². The highest BCUT2D eigenvalue weighted by molar-refractivity contribution is 5.91. The van der Waals surface area contributed by atoms with Gasteiger partial charge in [0.05, 0.1) is 19.8 Å². The van der Waals surface area contributed by atoms with Crippen molar-refractivity contribution < 1.29 is 23.8 Å². The lowest BCUT2D eigenvalue weighted by Gasteiger charge is -2.25. The van der Waals surface area contributed by atoms with Gasteiger partial charge in [-0.1, -0.05) is 20.8 Å². The summed E-state index contributed by atoms with van der Waals surface area (Å²) in [5, 5.41) is 0. The first kappa shape index (κ1) is 17.7. The number of nitrogens with zero attached hydrogens (tertiary/aromatic N) is 1. The summed E-state index contributed by atoms with van der Waals surface area (Å²) >= 11 is 0. The molecule has 0 saturated carbocycles. The molecule has 0 bridgehead atoms. The van der Waals surface area contributed by atoms with Crippen molar-refractivity contribution in [3.05, 3.63) is 12.2 Å². The molecule has 21 heavy (non-hydrogen) atoms. The molecule has 0 atom stereocenters. The summed E-state index contributed by atoms with van der Waals surface area (Å²) in [7, 11) is 0. The van der Waals surface area contributed by atoms with Crippen LogP contribution >= 0.6 is 0 Å². The minimum atomic E-state index is -0.532. The maximum absolute atomic E-state index is 11.4. The first-order valence-electron chi connectivity index (χ1n) is 7.18. The molecule has 1 saturated heterocycles. The number of morpholine rings is 1. The van der Waals surface area contributed by atoms with Crippen LogP contribution in [-0.4, -0.2) is 62.9 Å². The summed E-state index contributed by atoms with van der Waals surface area (Å²) in [6.07, 6.45) is 2.20. The molecule has 1 aliphatic rings. The third kappa shape index (κ3) is 9.20. The lowest BCUT2D eigenvalue weighted by Crippen LogP contribution is -2.38. The van der Waals surface area contributed by atoms with E-state index >= 15 is 0 Å². The smallest absolute Gasteiger partial charge is 0.331 e. The molecule has 0 radical (unpaired) electrons. The Morgan fingerprint density at radius 2 is 1.67 bits per heavy atom. The highest BCUT2D eigenvalue weighted by atomic mass is 16.5. The highest BCUT2D eigenvalue weighted by Gasteiger charge is 2.13. The third-order valence-electron chi connectivity index (χ3n) is 2.76. The lowest BCUT2D eigenvalue weighted by molar-refractivity contribution is -0.142. The zero-order valence-electron chi connectivity index (χ0n) is 13.1. The predicted octanol–water partition coefficient (Wildman–Crippen LogP) is 1.01. The second-order valence-electron chi connectivity index (χ2n) is 6.12. The van der Waals surface area contributed by atoms with Gasteiger partial charge in [0, 0.05) is 31.8 Å². The summed E-state index contributed by atoms with van der Waals surface area (Å²) in [5.74, 6) is -1.06. The quantitative estimate of drug-likeness (QED) is 0.539. The van der Waals surface area contributed by atoms with Gasteiger partial charge in [-0.25, -0.2) is 9.59 Å². The molecule has 0 spiro atoms. The zero-order valence-corrected chi connectivity index (χ0v) is 13.1. The van der Waals surface area contributed by atoms with E-state index in [9.17, 15) is 9.59 Å². The minimum Gasteiger partial charge on any atom is -0.462 e. The molecule has 0 aliphatic carbocycles. The van der Waals surface area contributed by atoms with Crippen molar-refractivity contribution in [2.45, 2.75) is 20.8 Å². The van der Waals surface area contributed by atoms with Crippen molar-refractivity contribution in [2.75, 3.05) is 46.1 Å². The van der Waals surface area contributed by atoms with E-state index in [-0.39, 0.29) is 5.41 Å². The second-order valence-corrected chi connectivity index (χ2v) is 6.12. The molecule has 1 rings (SSSR count). The van der Waals surface area contributed by atoms with Crippen LogP contribution in [0.1, 0.15) is 20.8 Å². The lowest BCUT2D eigenvalue weighted by atomic mass is 9.99. The van der Waals surface area contributed by atoms with Gasteiger partial charge in [-0.3, -0.25) is 4.90 Å². The van der Waals surface area contributed by atoms with Crippen molar-refractivity contribution in [2.24, 2.45) is 5.41 Å². The van der Waals surface area contributed by atoms with Gasteiger partial charge in [-0.05, 0) is 5.41 Å². The molecule has 0 aromatic rings. The van der Waals surface area contributed by atoms with E-state index in [1.807, 2.05) is 20.8 Å². The number of esters is 2. The molecule has 0 amide bonds. The van der Waals surface area contributed by atoms with E-state index in [4.69, 9.17) is 14.2 Å². The van der Waals surface area contributed by atoms with Gasteiger partial charge < -0.3 is 14.2 Å². The van der Waals surface area contributed by atoms with Crippen LogP contribution in [0.15, 0.2) is 12.2 Å². The Hall–Kier alpha value is -1.40. The number of hydrogen-bond acceptors (Lipinski definition) is 6. The van der Waals surface area contributed by atoms with Crippen molar-refractivity contribution >= 4 is 11.9 Å². The van der Waals surface area contributed by atoms with E-state index < -0.39 is 11.9 Å². The van der Waals surface area contributed by atoms with Crippen molar-refractivity contribution in [1.82, 2.24) is 4.90 Å². The summed E-state index contributed by atoms with van der Waals surface area (Å²) in [4.78, 5) is 25.0. The molecular weight excluding hydrogens is 274 g/mol. The number of carbonyl (C=O) groups excluding carboxylic acids is 2. The molecule has 0 N–H and O–H groups in total. The molecule has 6 heteroatoms. The van der Waals surface area contributed by atoms with Crippen molar-refractivity contribution in [3.63, 3.8) is 0 Å². The van der Waals surface area contributed by atoms with Gasteiger partial charge in [0.2, 0.25) is 0 Å². The van der Waals surface area contributed by atoms with Gasteiger partial charge >= 0.3 is 11.9 Å². The largest absolute Gasteiger partial charge is 0.462 e. The van der Waals surface area contributed by atoms with Crippen LogP contribution in [0, 0.1) is 5.41 Å². The number of rotatable bonds is 6. The van der Waals surface area contributed by atoms with E-state index in [2.05, 4.69) is 4.90 Å². The Balaban J connectivity index is 2.14. The topological polar surface area (TPSA) is 65.1 Å². The van der Waals surface area contributed by atoms with E-state index in [1.54, 1.807) is 0 Å². The molecular formula is C15H25NO5. The standard InChI is InChI=1S/C15H25NO5/c1-15(2,3)12-21-14(18)5-4-13(17)20-11-8-16-6-9-19-10-7-16/h4-5H,6-12H2,1-3H3. The fourth-order valence-electron chi connectivity index (χ4n) is 1.62. The van der Waals surface area contributed by atoms with Gasteiger partial charge in [0.1, 0.15) is 6.61 Å². The zero-order chi connectivity index (χ0) is 15.7. The highest BCUT2D eigenvalue weighted by Crippen LogP contribution is 2.12. The van der Waals surface area contributed by atoms with Crippen LogP contribution in [0.2, 0.25) is 0 Å². The number of hydrogen-bond donors (Lipinski definition) is 0. The molecule has 0 aromatic heterocycles. The molecule has 1 aliphatic heterocycles. The maximum Gasteiger partial charge on any atom is 0.331 e. The van der Waals surface area contributed by atoms with Gasteiger partial charge in [0.15, 0.2) is 0 Å². The van der Waals surface area contributed by atoms with Crippen LogP contribution in [0.25, 0.3) is 0 Å². The van der Waals surface area contributed by atoms with Crippen molar-refractivity contribution in [3.8, 4) is 0 Å². The minimum absolute atomic E-state index is 0.0951. The SMILES string of the molecule is CC(C)(C)COC(=O)C=CC(=O)OCCN1CCOCC1. The molecule has 1 heterocycles. The summed E-state index contributed by atoms with van der Waals surface area (Å²) in [5.41, 5.74) is -0.0951. The normalized spacial score (nSPS) is 16.9. The van der Waals surface area contributed by atoms with E-state index in [0.29, 0.717) is 33.0 Å². The van der Waals surface area contributed by atoms with Crippen LogP contribution in [0.4, 0.5) is 0 Å². The Morgan fingerprint density at radius 3 is 2.24 bits per heavy atom. The van der Waals surface area contributed by atoms with Crippen LogP contribution < -0.4 is 0 Å². The first-order valence-corrected chi connectivity index (χ1v) is 7.18. The fraction of sp³-hybridized carbons (Fsp3) is 0.733. The second kappa shape index (κ2) is 8.79. The summed E-state index contributed by atoms with van der Waals surface area (Å²) in [6.45, 7) is 10.3. The van der Waals surface area contributed by atoms with Crippen LogP contribution in [0.3, 0.4) is 0 Å². The first-order chi connectivity index (χ1) is 9.87. The third-order valence-corrected chi connectivity index (χ3v) is 2.76. The summed E-state index contributed by atoms with van der Waals surface area (Å²) in [6, 6.07) is 0. The predicted molar refractivity (Wildman–Crippen MR) is 77.8 cm³/mol. The number of ether oxygens (including phenoxy) is 3. The van der Waals surface area contributed by atoms with Crippen LogP contribution in [0.5, 0.6) is 0 Å². The average Bonchev–Trinajstić information content (AvgIpc) is 2.43. The molecule has 120 valence electrons. The molecule has 6 nitrogen and oxygen atoms in total. The van der Waals surface area contributed by atoms with Gasteiger partial charge in [-0.15, -0.1) is 0 Å². The number of carbonyl (C=O) groups is 2. The Morgan fingerprint density at radius 1 is 1.10 bits per heavy atom. The van der Waals surface area contributed by atoms with E-state index in [1.165, 1.54) is 0 Å². The molecule has 1 fully saturated rings. The molecule has 0 aromatic carbocycles. The van der Waals surface area contributed by atoms with Gasteiger partial charge in [0.25, 0.3) is 0 Å². The average molecular weight is 299 g/mol. The maximum atomic E-state index is 11.4. The van der Waals surface area contributed by atoms with Crippen LogP contribution in [-0.2, 0) is 23.8 Å². The molecule has 0 unspecified atom stereocenters. The fourth-order valence-corrected chi connectivity index (χ4v) is 1.62. The Kier molecular flexibility index (Phi) is 7.39. The van der Waals surface area contributed by atoms with Crippen molar-refractivity contribution in [1.29, 1.82) is 0 Å². The summed E-state index contributed by atoms with van der Waals surface area (Å²) < 4.78 is 15.3. The Labute approximate surface area is 126 Å². The Bertz CT molecular complexity index is 367.